The standard InChI is InChI=1S/C21H26N2O6S/c1-15(14-28-17-10-8-16(27-2)9-11-17)22-21(24)20-12-13-23(30(3,25)26)18-6-4-5-7-19(18)29-20/h4-11,15,20H,12-14H2,1-3H3,(H,22,24)/t15-,20+/m1/s1. The van der Waals surface area contributed by atoms with E-state index in [0.29, 0.717) is 17.2 Å². The molecule has 1 aliphatic heterocycles. The molecular formula is C21H26N2O6S. The molecule has 0 saturated carbocycles. The van der Waals surface area contributed by atoms with Gasteiger partial charge >= 0.3 is 0 Å². The molecule has 0 aliphatic carbocycles. The molecule has 0 spiro atoms. The lowest BCUT2D eigenvalue weighted by Gasteiger charge is -2.20. The molecule has 0 fully saturated rings. The van der Waals surface area contributed by atoms with Crippen molar-refractivity contribution >= 4 is 21.6 Å². The van der Waals surface area contributed by atoms with Crippen LogP contribution in [0, 0.1) is 0 Å². The Morgan fingerprint density at radius 1 is 1.20 bits per heavy atom. The first-order valence-corrected chi connectivity index (χ1v) is 11.4. The minimum atomic E-state index is -3.49. The number of benzene rings is 2. The maximum absolute atomic E-state index is 12.7. The molecule has 1 amide bonds. The number of anilines is 1. The molecule has 0 unspecified atom stereocenters. The zero-order chi connectivity index (χ0) is 21.7. The van der Waals surface area contributed by atoms with E-state index in [0.717, 1.165) is 12.0 Å². The second-order valence-corrected chi connectivity index (χ2v) is 9.00. The molecule has 0 aromatic heterocycles. The predicted molar refractivity (Wildman–Crippen MR) is 114 cm³/mol. The molecule has 0 radical (unpaired) electrons. The predicted octanol–water partition coefficient (Wildman–Crippen LogP) is 2.20. The molecule has 8 nitrogen and oxygen atoms in total. The van der Waals surface area contributed by atoms with E-state index < -0.39 is 16.1 Å². The Morgan fingerprint density at radius 3 is 2.53 bits per heavy atom. The number of nitrogens with zero attached hydrogens (tertiary/aromatic N) is 1. The molecular weight excluding hydrogens is 408 g/mol. The SMILES string of the molecule is COc1ccc(OC[C@@H](C)NC(=O)[C@@H]2CCN(S(C)(=O)=O)c3ccccc3O2)cc1. The number of carbonyl (C=O) groups is 1. The fraction of sp³-hybridized carbons (Fsp3) is 0.381. The van der Waals surface area contributed by atoms with Gasteiger partial charge in [-0.15, -0.1) is 0 Å². The molecule has 3 rings (SSSR count). The molecule has 2 aromatic carbocycles. The molecule has 0 saturated heterocycles. The van der Waals surface area contributed by atoms with Crippen molar-refractivity contribution in [2.45, 2.75) is 25.5 Å². The van der Waals surface area contributed by atoms with Crippen LogP contribution in [0.15, 0.2) is 48.5 Å². The van der Waals surface area contributed by atoms with E-state index >= 15 is 0 Å². The van der Waals surface area contributed by atoms with E-state index in [1.165, 1.54) is 4.31 Å². The highest BCUT2D eigenvalue weighted by atomic mass is 32.2. The second kappa shape index (κ2) is 9.25. The first kappa shape index (κ1) is 21.8. The average molecular weight is 435 g/mol. The molecule has 1 N–H and O–H groups in total. The van der Waals surface area contributed by atoms with Crippen molar-refractivity contribution in [1.29, 1.82) is 0 Å². The smallest absolute Gasteiger partial charge is 0.261 e. The van der Waals surface area contributed by atoms with Gasteiger partial charge in [0, 0.05) is 13.0 Å². The summed E-state index contributed by atoms with van der Waals surface area (Å²) >= 11 is 0. The third-order valence-electron chi connectivity index (χ3n) is 4.64. The molecule has 162 valence electrons. The quantitative estimate of drug-likeness (QED) is 0.718. The Hall–Kier alpha value is -2.94. The molecule has 9 heteroatoms. The van der Waals surface area contributed by atoms with Gasteiger partial charge in [-0.25, -0.2) is 8.42 Å². The summed E-state index contributed by atoms with van der Waals surface area (Å²) in [5.74, 6) is 1.45. The average Bonchev–Trinajstić information content (AvgIpc) is 2.92. The van der Waals surface area contributed by atoms with Crippen LogP contribution in [-0.4, -0.2) is 53.0 Å². The largest absolute Gasteiger partial charge is 0.497 e. The third kappa shape index (κ3) is 5.35. The Balaban J connectivity index is 1.61. The van der Waals surface area contributed by atoms with Gasteiger partial charge in [0.25, 0.3) is 5.91 Å². The van der Waals surface area contributed by atoms with Crippen LogP contribution in [0.4, 0.5) is 5.69 Å². The highest BCUT2D eigenvalue weighted by Gasteiger charge is 2.31. The number of carbonyl (C=O) groups excluding carboxylic acids is 1. The summed E-state index contributed by atoms with van der Waals surface area (Å²) in [5, 5.41) is 2.87. The number of amides is 1. The minimum absolute atomic E-state index is 0.157. The van der Waals surface area contributed by atoms with Crippen LogP contribution in [0.2, 0.25) is 0 Å². The van der Waals surface area contributed by atoms with Crippen molar-refractivity contribution in [1.82, 2.24) is 5.32 Å². The highest BCUT2D eigenvalue weighted by Crippen LogP contribution is 2.33. The number of ether oxygens (including phenoxy) is 3. The summed E-state index contributed by atoms with van der Waals surface area (Å²) < 4.78 is 42.3. The summed E-state index contributed by atoms with van der Waals surface area (Å²) in [7, 11) is -1.89. The van der Waals surface area contributed by atoms with Crippen molar-refractivity contribution in [3.63, 3.8) is 0 Å². The molecule has 30 heavy (non-hydrogen) atoms. The van der Waals surface area contributed by atoms with Crippen LogP contribution in [0.25, 0.3) is 0 Å². The Morgan fingerprint density at radius 2 is 1.87 bits per heavy atom. The Bertz CT molecular complexity index is 977. The number of fused-ring (bicyclic) bond motifs is 1. The molecule has 1 aliphatic rings. The molecule has 0 bridgehead atoms. The zero-order valence-electron chi connectivity index (χ0n) is 17.2. The fourth-order valence-electron chi connectivity index (χ4n) is 3.13. The highest BCUT2D eigenvalue weighted by molar-refractivity contribution is 7.92. The molecule has 1 heterocycles. The van der Waals surface area contributed by atoms with Gasteiger partial charge in [-0.3, -0.25) is 9.10 Å². The Kier molecular flexibility index (Phi) is 6.71. The fourth-order valence-corrected chi connectivity index (χ4v) is 4.07. The number of hydrogen-bond acceptors (Lipinski definition) is 6. The number of rotatable bonds is 7. The summed E-state index contributed by atoms with van der Waals surface area (Å²) in [6.45, 7) is 2.26. The Labute approximate surface area is 176 Å². The van der Waals surface area contributed by atoms with Crippen molar-refractivity contribution in [2.75, 3.05) is 30.8 Å². The van der Waals surface area contributed by atoms with Crippen molar-refractivity contribution in [3.05, 3.63) is 48.5 Å². The minimum Gasteiger partial charge on any atom is -0.497 e. The maximum Gasteiger partial charge on any atom is 0.261 e. The van der Waals surface area contributed by atoms with Gasteiger partial charge in [0.05, 0.1) is 25.1 Å². The van der Waals surface area contributed by atoms with E-state index in [4.69, 9.17) is 14.2 Å². The van der Waals surface area contributed by atoms with E-state index in [1.54, 1.807) is 55.6 Å². The first-order chi connectivity index (χ1) is 14.3. The van der Waals surface area contributed by atoms with Crippen molar-refractivity contribution in [3.8, 4) is 17.2 Å². The number of sulfonamides is 1. The van der Waals surface area contributed by atoms with Gasteiger partial charge in [0.1, 0.15) is 23.9 Å². The van der Waals surface area contributed by atoms with Crippen LogP contribution in [-0.2, 0) is 14.8 Å². The van der Waals surface area contributed by atoms with Gasteiger partial charge in [-0.2, -0.15) is 0 Å². The van der Waals surface area contributed by atoms with Crippen molar-refractivity contribution < 1.29 is 27.4 Å². The van der Waals surface area contributed by atoms with E-state index in [1.807, 2.05) is 6.92 Å². The van der Waals surface area contributed by atoms with E-state index in [-0.39, 0.29) is 31.5 Å². The summed E-state index contributed by atoms with van der Waals surface area (Å²) in [6, 6.07) is 13.7. The molecule has 2 aromatic rings. The third-order valence-corrected chi connectivity index (χ3v) is 5.82. The topological polar surface area (TPSA) is 94.2 Å². The van der Waals surface area contributed by atoms with Crippen molar-refractivity contribution in [2.24, 2.45) is 0 Å². The van der Waals surface area contributed by atoms with Gasteiger partial charge in [-0.05, 0) is 43.3 Å². The van der Waals surface area contributed by atoms with Crippen LogP contribution >= 0.6 is 0 Å². The van der Waals surface area contributed by atoms with Gasteiger partial charge < -0.3 is 19.5 Å². The summed E-state index contributed by atoms with van der Waals surface area (Å²) in [4.78, 5) is 12.7. The van der Waals surface area contributed by atoms with Gasteiger partial charge in [-0.1, -0.05) is 12.1 Å². The monoisotopic (exact) mass is 434 g/mol. The van der Waals surface area contributed by atoms with Crippen LogP contribution in [0.3, 0.4) is 0 Å². The van der Waals surface area contributed by atoms with Gasteiger partial charge in [0.15, 0.2) is 6.10 Å². The maximum atomic E-state index is 12.7. The van der Waals surface area contributed by atoms with Crippen LogP contribution in [0.5, 0.6) is 17.2 Å². The lowest BCUT2D eigenvalue weighted by molar-refractivity contribution is -0.128. The summed E-state index contributed by atoms with van der Waals surface area (Å²) in [6.07, 6.45) is 0.573. The number of nitrogens with one attached hydrogen (secondary N) is 1. The normalized spacial score (nSPS) is 17.2. The zero-order valence-corrected chi connectivity index (χ0v) is 18.0. The van der Waals surface area contributed by atoms with Crippen LogP contribution < -0.4 is 23.8 Å². The second-order valence-electron chi connectivity index (χ2n) is 7.09. The molecule has 2 atom stereocenters. The lowest BCUT2D eigenvalue weighted by atomic mass is 10.2. The number of hydrogen-bond donors (Lipinski definition) is 1. The first-order valence-electron chi connectivity index (χ1n) is 9.58. The number of para-hydroxylation sites is 2. The van der Waals surface area contributed by atoms with Gasteiger partial charge in [0.2, 0.25) is 10.0 Å². The summed E-state index contributed by atoms with van der Waals surface area (Å²) in [5.41, 5.74) is 0.436. The van der Waals surface area contributed by atoms with E-state index in [2.05, 4.69) is 5.32 Å². The van der Waals surface area contributed by atoms with Crippen LogP contribution in [0.1, 0.15) is 13.3 Å². The van der Waals surface area contributed by atoms with E-state index in [9.17, 15) is 13.2 Å². The number of methoxy groups -OCH3 is 1. The lowest BCUT2D eigenvalue weighted by Crippen LogP contribution is -2.45.